The van der Waals surface area contributed by atoms with E-state index in [9.17, 15) is 14.7 Å². The van der Waals surface area contributed by atoms with Crippen LogP contribution in [0.3, 0.4) is 0 Å². The van der Waals surface area contributed by atoms with Crippen molar-refractivity contribution in [1.82, 2.24) is 0 Å². The first-order valence-electron chi connectivity index (χ1n) is 13.4. The van der Waals surface area contributed by atoms with E-state index in [0.29, 0.717) is 41.8 Å². The van der Waals surface area contributed by atoms with Crippen molar-refractivity contribution in [3.05, 3.63) is 23.3 Å². The second kappa shape index (κ2) is 8.07. The van der Waals surface area contributed by atoms with Gasteiger partial charge in [0.25, 0.3) is 0 Å². The van der Waals surface area contributed by atoms with Gasteiger partial charge in [-0.3, -0.25) is 4.79 Å². The molecule has 1 heterocycles. The number of carbonyl (C=O) groups excluding carboxylic acids is 2. The fraction of sp³-hybridized carbons (Fsp3) is 0.793. The number of rotatable bonds is 3. The molecule has 4 nitrogen and oxygen atoms in total. The second-order valence-electron chi connectivity index (χ2n) is 12.8. The van der Waals surface area contributed by atoms with Crippen LogP contribution in [0.15, 0.2) is 23.3 Å². The Hall–Kier alpha value is -1.42. The van der Waals surface area contributed by atoms with Crippen LogP contribution in [-0.4, -0.2) is 29.1 Å². The molecule has 0 spiro atoms. The normalized spacial score (nSPS) is 46.0. The van der Waals surface area contributed by atoms with Crippen molar-refractivity contribution in [3.8, 4) is 0 Å². The van der Waals surface area contributed by atoms with Gasteiger partial charge in [-0.15, -0.1) is 0 Å². The molecule has 0 radical (unpaired) electrons. The van der Waals surface area contributed by atoms with Crippen LogP contribution in [0.1, 0.15) is 86.0 Å². The third-order valence-electron chi connectivity index (χ3n) is 11.0. The molecule has 4 aliphatic carbocycles. The molecule has 0 aromatic heterocycles. The van der Waals surface area contributed by atoms with Crippen LogP contribution in [-0.2, 0) is 14.3 Å². The Morgan fingerprint density at radius 3 is 2.45 bits per heavy atom. The molecule has 4 heteroatoms. The standard InChI is InChI=1S/C29H42O4/c1-16(2)18-12-25(33-26(32)13-18)17(3)21-6-7-22-27-23(9-11-29(21,22)5)28(4)10-8-20(30)14-19(28)15-24(27)31/h13,15-17,20-23,25,27,30H,6-12,14H2,1-5H3/t17-,20-,21+,22-,23-,25+,27-,28-,29+/m0/s1. The Balaban J connectivity index is 1.40. The molecule has 1 aliphatic heterocycles. The number of carbonyl (C=O) groups is 2. The minimum absolute atomic E-state index is 0.0518. The summed E-state index contributed by atoms with van der Waals surface area (Å²) in [6, 6.07) is 0. The zero-order valence-electron chi connectivity index (χ0n) is 21.1. The van der Waals surface area contributed by atoms with Crippen molar-refractivity contribution in [1.29, 1.82) is 0 Å². The second-order valence-corrected chi connectivity index (χ2v) is 12.8. The molecular formula is C29H42O4. The smallest absolute Gasteiger partial charge is 0.331 e. The molecule has 0 aromatic carbocycles. The minimum atomic E-state index is -0.290. The molecule has 182 valence electrons. The van der Waals surface area contributed by atoms with Crippen molar-refractivity contribution < 1.29 is 19.4 Å². The molecule has 0 saturated heterocycles. The fourth-order valence-electron chi connectivity index (χ4n) is 8.91. The maximum absolute atomic E-state index is 13.5. The van der Waals surface area contributed by atoms with E-state index in [-0.39, 0.29) is 34.9 Å². The number of esters is 1. The zero-order chi connectivity index (χ0) is 23.7. The Labute approximate surface area is 199 Å². The molecule has 0 bridgehead atoms. The monoisotopic (exact) mass is 454 g/mol. The molecule has 3 saturated carbocycles. The van der Waals surface area contributed by atoms with Gasteiger partial charge in [0.15, 0.2) is 5.78 Å². The van der Waals surface area contributed by atoms with Crippen LogP contribution in [0.2, 0.25) is 0 Å². The third kappa shape index (κ3) is 3.58. The number of ketones is 1. The molecule has 1 N–H and O–H groups in total. The Morgan fingerprint density at radius 2 is 1.73 bits per heavy atom. The molecule has 3 fully saturated rings. The van der Waals surface area contributed by atoms with E-state index < -0.39 is 0 Å². The average Bonchev–Trinajstić information content (AvgIpc) is 3.11. The molecule has 0 amide bonds. The summed E-state index contributed by atoms with van der Waals surface area (Å²) >= 11 is 0. The number of aliphatic hydroxyl groups is 1. The van der Waals surface area contributed by atoms with E-state index in [2.05, 4.69) is 34.6 Å². The lowest BCUT2D eigenvalue weighted by Crippen LogP contribution is -2.54. The van der Waals surface area contributed by atoms with E-state index in [1.807, 2.05) is 6.08 Å². The average molecular weight is 455 g/mol. The first-order chi connectivity index (χ1) is 15.5. The summed E-state index contributed by atoms with van der Waals surface area (Å²) in [5.74, 6) is 2.22. The van der Waals surface area contributed by atoms with Gasteiger partial charge >= 0.3 is 5.97 Å². The number of aliphatic hydroxyl groups excluding tert-OH is 1. The van der Waals surface area contributed by atoms with Crippen molar-refractivity contribution >= 4 is 11.8 Å². The first-order valence-corrected chi connectivity index (χ1v) is 13.4. The van der Waals surface area contributed by atoms with E-state index in [4.69, 9.17) is 4.74 Å². The Morgan fingerprint density at radius 1 is 0.970 bits per heavy atom. The fourth-order valence-corrected chi connectivity index (χ4v) is 8.91. The van der Waals surface area contributed by atoms with Crippen molar-refractivity contribution in [2.75, 3.05) is 0 Å². The van der Waals surface area contributed by atoms with Gasteiger partial charge in [-0.25, -0.2) is 4.79 Å². The quantitative estimate of drug-likeness (QED) is 0.561. The largest absolute Gasteiger partial charge is 0.459 e. The molecule has 0 aromatic rings. The molecular weight excluding hydrogens is 412 g/mol. The maximum Gasteiger partial charge on any atom is 0.331 e. The number of hydrogen-bond donors (Lipinski definition) is 1. The van der Waals surface area contributed by atoms with Crippen LogP contribution >= 0.6 is 0 Å². The summed E-state index contributed by atoms with van der Waals surface area (Å²) in [6.45, 7) is 11.4. The van der Waals surface area contributed by atoms with Crippen LogP contribution in [0.5, 0.6) is 0 Å². The Bertz CT molecular complexity index is 899. The van der Waals surface area contributed by atoms with Crippen LogP contribution in [0.4, 0.5) is 0 Å². The molecule has 33 heavy (non-hydrogen) atoms. The highest BCUT2D eigenvalue weighted by Gasteiger charge is 2.62. The number of cyclic esters (lactones) is 1. The maximum atomic E-state index is 13.5. The summed E-state index contributed by atoms with van der Waals surface area (Å²) in [6.07, 6.45) is 11.1. The van der Waals surface area contributed by atoms with Gasteiger partial charge in [-0.1, -0.05) is 45.8 Å². The summed E-state index contributed by atoms with van der Waals surface area (Å²) in [4.78, 5) is 25.8. The van der Waals surface area contributed by atoms with Crippen molar-refractivity contribution in [3.63, 3.8) is 0 Å². The van der Waals surface area contributed by atoms with Gasteiger partial charge < -0.3 is 9.84 Å². The number of fused-ring (bicyclic) bond motifs is 5. The number of hydrogen-bond acceptors (Lipinski definition) is 4. The number of ether oxygens (including phenoxy) is 1. The van der Waals surface area contributed by atoms with Gasteiger partial charge in [0.2, 0.25) is 0 Å². The van der Waals surface area contributed by atoms with Crippen molar-refractivity contribution in [2.45, 2.75) is 98.2 Å². The van der Waals surface area contributed by atoms with Gasteiger partial charge in [-0.05, 0) is 91.4 Å². The summed E-state index contributed by atoms with van der Waals surface area (Å²) in [7, 11) is 0. The van der Waals surface area contributed by atoms with Crippen molar-refractivity contribution in [2.24, 2.45) is 46.3 Å². The van der Waals surface area contributed by atoms with Gasteiger partial charge in [0, 0.05) is 18.4 Å². The predicted octanol–water partition coefficient (Wildman–Crippen LogP) is 5.64. The van der Waals surface area contributed by atoms with Gasteiger partial charge in [-0.2, -0.15) is 0 Å². The minimum Gasteiger partial charge on any atom is -0.459 e. The van der Waals surface area contributed by atoms with E-state index >= 15 is 0 Å². The predicted molar refractivity (Wildman–Crippen MR) is 128 cm³/mol. The first kappa shape index (κ1) is 23.3. The highest BCUT2D eigenvalue weighted by molar-refractivity contribution is 5.94. The zero-order valence-corrected chi connectivity index (χ0v) is 21.1. The third-order valence-corrected chi connectivity index (χ3v) is 11.0. The lowest BCUT2D eigenvalue weighted by molar-refractivity contribution is -0.150. The highest BCUT2D eigenvalue weighted by atomic mass is 16.5. The van der Waals surface area contributed by atoms with Gasteiger partial charge in [0.05, 0.1) is 6.10 Å². The summed E-state index contributed by atoms with van der Waals surface area (Å²) in [5, 5.41) is 10.2. The molecule has 9 atom stereocenters. The topological polar surface area (TPSA) is 63.6 Å². The van der Waals surface area contributed by atoms with Crippen LogP contribution in [0.25, 0.3) is 0 Å². The lowest BCUT2D eigenvalue weighted by Gasteiger charge is -2.57. The number of allylic oxidation sites excluding steroid dienone is 1. The molecule has 5 rings (SSSR count). The van der Waals surface area contributed by atoms with Gasteiger partial charge in [0.1, 0.15) is 6.10 Å². The SMILES string of the molecule is CC(C)C1=CC(=O)O[C@@H]([C@@H](C)[C@H]2CC[C@H]3[C@@H]4C(=O)C=C5C[C@@H](O)CC[C@]5(C)[C@H]4CC[C@]23C)C1. The van der Waals surface area contributed by atoms with Crippen LogP contribution in [0, 0.1) is 46.3 Å². The van der Waals surface area contributed by atoms with E-state index in [1.165, 1.54) is 11.1 Å². The highest BCUT2D eigenvalue weighted by Crippen LogP contribution is 2.66. The van der Waals surface area contributed by atoms with E-state index in [0.717, 1.165) is 44.9 Å². The summed E-state index contributed by atoms with van der Waals surface area (Å²) < 4.78 is 5.87. The molecule has 0 unspecified atom stereocenters. The summed E-state index contributed by atoms with van der Waals surface area (Å²) in [5.41, 5.74) is 2.61. The van der Waals surface area contributed by atoms with Crippen LogP contribution < -0.4 is 0 Å². The molecule has 5 aliphatic rings. The lowest BCUT2D eigenvalue weighted by atomic mass is 9.46. The Kier molecular flexibility index (Phi) is 5.70. The van der Waals surface area contributed by atoms with E-state index in [1.54, 1.807) is 6.08 Å².